The molecule has 1 saturated carbocycles. The molecule has 0 atom stereocenters. The zero-order valence-electron chi connectivity index (χ0n) is 9.57. The van der Waals surface area contributed by atoms with Crippen LogP contribution in [-0.2, 0) is 6.54 Å². The summed E-state index contributed by atoms with van der Waals surface area (Å²) in [4.78, 5) is 11.9. The van der Waals surface area contributed by atoms with E-state index in [2.05, 4.69) is 10.4 Å². The monoisotopic (exact) mass is 222 g/mol. The summed E-state index contributed by atoms with van der Waals surface area (Å²) in [5, 5.41) is 6.97. The zero-order chi connectivity index (χ0) is 11.5. The number of rotatable bonds is 4. The summed E-state index contributed by atoms with van der Waals surface area (Å²) >= 11 is 0. The molecule has 0 radical (unpaired) electrons. The molecule has 5 nitrogen and oxygen atoms in total. The first-order valence-corrected chi connectivity index (χ1v) is 5.81. The van der Waals surface area contributed by atoms with Crippen molar-refractivity contribution in [3.63, 3.8) is 0 Å². The highest BCUT2D eigenvalue weighted by Crippen LogP contribution is 2.25. The lowest BCUT2D eigenvalue weighted by Gasteiger charge is -2.25. The number of hydrogen-bond acceptors (Lipinski definition) is 3. The second-order valence-corrected chi connectivity index (χ2v) is 4.27. The lowest BCUT2D eigenvalue weighted by molar-refractivity contribution is 0.0929. The third kappa shape index (κ3) is 2.03. The van der Waals surface area contributed by atoms with Crippen molar-refractivity contribution >= 4 is 11.6 Å². The Balaban J connectivity index is 1.98. The van der Waals surface area contributed by atoms with E-state index in [-0.39, 0.29) is 5.91 Å². The van der Waals surface area contributed by atoms with Crippen LogP contribution in [0.25, 0.3) is 0 Å². The molecule has 1 aliphatic rings. The number of amides is 1. The van der Waals surface area contributed by atoms with Gasteiger partial charge in [-0.3, -0.25) is 9.48 Å². The van der Waals surface area contributed by atoms with Gasteiger partial charge in [0.25, 0.3) is 5.91 Å². The van der Waals surface area contributed by atoms with Crippen LogP contribution in [-0.4, -0.2) is 22.2 Å². The molecule has 5 heteroatoms. The van der Waals surface area contributed by atoms with Gasteiger partial charge in [0, 0.05) is 13.1 Å². The molecule has 1 fully saturated rings. The number of carbonyl (C=O) groups is 1. The summed E-state index contributed by atoms with van der Waals surface area (Å²) in [6.45, 7) is 3.35. The lowest BCUT2D eigenvalue weighted by atomic mass is 9.85. The maximum atomic E-state index is 11.9. The van der Waals surface area contributed by atoms with Crippen LogP contribution in [0.1, 0.15) is 36.7 Å². The largest absolute Gasteiger partial charge is 0.396 e. The number of nitrogen functional groups attached to an aromatic ring is 1. The van der Waals surface area contributed by atoms with Crippen LogP contribution < -0.4 is 11.1 Å². The molecule has 1 amide bonds. The number of aromatic nitrogens is 2. The van der Waals surface area contributed by atoms with Crippen LogP contribution >= 0.6 is 0 Å². The first-order valence-electron chi connectivity index (χ1n) is 5.81. The number of nitrogens with zero attached hydrogens (tertiary/aromatic N) is 2. The fourth-order valence-corrected chi connectivity index (χ4v) is 1.91. The van der Waals surface area contributed by atoms with Crippen molar-refractivity contribution in [3.05, 3.63) is 11.9 Å². The molecule has 0 saturated heterocycles. The summed E-state index contributed by atoms with van der Waals surface area (Å²) in [5.74, 6) is 0.548. The Hall–Kier alpha value is -1.52. The van der Waals surface area contributed by atoms with Crippen molar-refractivity contribution in [3.8, 4) is 0 Å². The molecule has 0 spiro atoms. The first-order chi connectivity index (χ1) is 7.72. The minimum atomic E-state index is -0.108. The molecule has 1 heterocycles. The fraction of sp³-hybridized carbons (Fsp3) is 0.636. The molecule has 0 unspecified atom stereocenters. The number of aryl methyl sites for hydroxylation is 1. The Bertz CT molecular complexity index is 381. The number of nitrogens with two attached hydrogens (primary N) is 1. The van der Waals surface area contributed by atoms with Crippen molar-refractivity contribution in [1.82, 2.24) is 15.1 Å². The fourth-order valence-electron chi connectivity index (χ4n) is 1.91. The van der Waals surface area contributed by atoms with Gasteiger partial charge < -0.3 is 11.1 Å². The Kier molecular flexibility index (Phi) is 3.12. The van der Waals surface area contributed by atoms with Gasteiger partial charge in [0.15, 0.2) is 0 Å². The van der Waals surface area contributed by atoms with Crippen LogP contribution in [0.3, 0.4) is 0 Å². The van der Waals surface area contributed by atoms with Crippen LogP contribution in [0.2, 0.25) is 0 Å². The predicted molar refractivity (Wildman–Crippen MR) is 62.0 cm³/mol. The molecule has 2 rings (SSSR count). The van der Waals surface area contributed by atoms with Crippen molar-refractivity contribution in [1.29, 1.82) is 0 Å². The van der Waals surface area contributed by atoms with Crippen molar-refractivity contribution < 1.29 is 4.79 Å². The number of hydrogen-bond donors (Lipinski definition) is 2. The number of carbonyl (C=O) groups excluding carboxylic acids is 1. The number of anilines is 1. The summed E-state index contributed by atoms with van der Waals surface area (Å²) in [6.07, 6.45) is 5.27. The van der Waals surface area contributed by atoms with Gasteiger partial charge >= 0.3 is 0 Å². The Morgan fingerprint density at radius 2 is 2.44 bits per heavy atom. The van der Waals surface area contributed by atoms with Crippen LogP contribution in [0.4, 0.5) is 5.69 Å². The van der Waals surface area contributed by atoms with Crippen LogP contribution in [0.15, 0.2) is 6.20 Å². The molecule has 16 heavy (non-hydrogen) atoms. The van der Waals surface area contributed by atoms with Crippen LogP contribution in [0, 0.1) is 5.92 Å². The van der Waals surface area contributed by atoms with Crippen LogP contribution in [0.5, 0.6) is 0 Å². The Morgan fingerprint density at radius 1 is 1.69 bits per heavy atom. The van der Waals surface area contributed by atoms with E-state index in [1.807, 2.05) is 6.92 Å². The molecule has 3 N–H and O–H groups in total. The van der Waals surface area contributed by atoms with Crippen molar-refractivity contribution in [2.75, 3.05) is 12.3 Å². The van der Waals surface area contributed by atoms with Gasteiger partial charge in [0.1, 0.15) is 5.69 Å². The SMILES string of the molecule is CCn1ncc(N)c1C(=O)NCC1CCC1. The maximum Gasteiger partial charge on any atom is 0.271 e. The van der Waals surface area contributed by atoms with Gasteiger partial charge in [-0.2, -0.15) is 5.10 Å². The van der Waals surface area contributed by atoms with Gasteiger partial charge in [0.05, 0.1) is 11.9 Å². The molecule has 0 aliphatic heterocycles. The predicted octanol–water partition coefficient (Wildman–Crippen LogP) is 1.02. The van der Waals surface area contributed by atoms with Crippen molar-refractivity contribution in [2.24, 2.45) is 5.92 Å². The van der Waals surface area contributed by atoms with E-state index in [1.165, 1.54) is 25.5 Å². The van der Waals surface area contributed by atoms with E-state index in [9.17, 15) is 4.79 Å². The van der Waals surface area contributed by atoms with E-state index < -0.39 is 0 Å². The minimum absolute atomic E-state index is 0.108. The van der Waals surface area contributed by atoms with E-state index in [1.54, 1.807) is 4.68 Å². The normalized spacial score (nSPS) is 15.8. The summed E-state index contributed by atoms with van der Waals surface area (Å²) < 4.78 is 1.63. The van der Waals surface area contributed by atoms with E-state index in [0.717, 1.165) is 6.54 Å². The van der Waals surface area contributed by atoms with Gasteiger partial charge in [0.2, 0.25) is 0 Å². The highest BCUT2D eigenvalue weighted by molar-refractivity contribution is 5.97. The number of nitrogens with one attached hydrogen (secondary N) is 1. The minimum Gasteiger partial charge on any atom is -0.396 e. The van der Waals surface area contributed by atoms with Crippen molar-refractivity contribution in [2.45, 2.75) is 32.7 Å². The molecule has 88 valence electrons. The second kappa shape index (κ2) is 4.55. The average Bonchev–Trinajstić information content (AvgIpc) is 2.57. The van der Waals surface area contributed by atoms with Gasteiger partial charge in [-0.25, -0.2) is 0 Å². The highest BCUT2D eigenvalue weighted by atomic mass is 16.2. The average molecular weight is 222 g/mol. The zero-order valence-corrected chi connectivity index (χ0v) is 9.57. The third-order valence-corrected chi connectivity index (χ3v) is 3.16. The molecular weight excluding hydrogens is 204 g/mol. The lowest BCUT2D eigenvalue weighted by Crippen LogP contribution is -2.33. The molecule has 0 aromatic carbocycles. The molecule has 1 aromatic heterocycles. The van der Waals surface area contributed by atoms with Gasteiger partial charge in [-0.15, -0.1) is 0 Å². The molecule has 1 aliphatic carbocycles. The summed E-state index contributed by atoms with van der Waals surface area (Å²) in [6, 6.07) is 0. The first kappa shape index (κ1) is 11.0. The summed E-state index contributed by atoms with van der Waals surface area (Å²) in [5.41, 5.74) is 6.67. The molecule has 1 aromatic rings. The Labute approximate surface area is 95.0 Å². The topological polar surface area (TPSA) is 72.9 Å². The summed E-state index contributed by atoms with van der Waals surface area (Å²) in [7, 11) is 0. The van der Waals surface area contributed by atoms with E-state index in [4.69, 9.17) is 5.73 Å². The molecular formula is C11H18N4O. The standard InChI is InChI=1S/C11H18N4O/c1-2-15-10(9(12)7-14-15)11(16)13-6-8-4-3-5-8/h7-8H,2-6,12H2,1H3,(H,13,16). The molecule has 0 bridgehead atoms. The smallest absolute Gasteiger partial charge is 0.271 e. The maximum absolute atomic E-state index is 11.9. The Morgan fingerprint density at radius 3 is 3.00 bits per heavy atom. The van der Waals surface area contributed by atoms with Gasteiger partial charge in [-0.1, -0.05) is 6.42 Å². The third-order valence-electron chi connectivity index (χ3n) is 3.16. The van der Waals surface area contributed by atoms with Gasteiger partial charge in [-0.05, 0) is 25.7 Å². The second-order valence-electron chi connectivity index (χ2n) is 4.27. The highest BCUT2D eigenvalue weighted by Gasteiger charge is 2.20. The van der Waals surface area contributed by atoms with E-state index >= 15 is 0 Å². The van der Waals surface area contributed by atoms with E-state index in [0.29, 0.717) is 23.8 Å². The quantitative estimate of drug-likeness (QED) is 0.798.